The first-order valence-electron chi connectivity index (χ1n) is 7.98. The van der Waals surface area contributed by atoms with E-state index >= 15 is 0 Å². The first-order valence-corrected chi connectivity index (χ1v) is 7.98. The van der Waals surface area contributed by atoms with Crippen molar-refractivity contribution in [3.63, 3.8) is 0 Å². The maximum atomic E-state index is 12.1. The van der Waals surface area contributed by atoms with Gasteiger partial charge in [-0.2, -0.15) is 0 Å². The van der Waals surface area contributed by atoms with Crippen molar-refractivity contribution in [1.82, 2.24) is 5.32 Å². The number of hydrogen-bond acceptors (Lipinski definition) is 3. The molecule has 5 heteroatoms. The summed E-state index contributed by atoms with van der Waals surface area (Å²) in [7, 11) is 1.64. The van der Waals surface area contributed by atoms with Crippen molar-refractivity contribution in [3.8, 4) is 5.75 Å². The van der Waals surface area contributed by atoms with Gasteiger partial charge in [0.15, 0.2) is 0 Å². The van der Waals surface area contributed by atoms with Crippen LogP contribution in [0.2, 0.25) is 0 Å². The van der Waals surface area contributed by atoms with Gasteiger partial charge in [-0.15, -0.1) is 0 Å². The van der Waals surface area contributed by atoms with Gasteiger partial charge in [0, 0.05) is 18.8 Å². The molecule has 1 fully saturated rings. The highest BCUT2D eigenvalue weighted by atomic mass is 16.5. The Morgan fingerprint density at radius 1 is 1.18 bits per heavy atom. The van der Waals surface area contributed by atoms with Crippen LogP contribution in [0.4, 0.5) is 10.5 Å². The zero-order chi connectivity index (χ0) is 15.8. The van der Waals surface area contributed by atoms with E-state index in [2.05, 4.69) is 17.6 Å². The van der Waals surface area contributed by atoms with Crippen molar-refractivity contribution in [2.45, 2.75) is 38.6 Å². The molecule has 2 rings (SSSR count). The summed E-state index contributed by atoms with van der Waals surface area (Å²) in [6.07, 6.45) is 4.73. The molecule has 1 aromatic rings. The number of nitrogens with one attached hydrogen (secondary N) is 2. The van der Waals surface area contributed by atoms with E-state index in [9.17, 15) is 4.79 Å². The molecule has 2 amide bonds. The number of hydrogen-bond donors (Lipinski definition) is 2. The molecule has 0 heterocycles. The lowest BCUT2D eigenvalue weighted by molar-refractivity contribution is 0.146. The molecule has 0 aliphatic heterocycles. The predicted octanol–water partition coefficient (Wildman–Crippen LogP) is 3.41. The van der Waals surface area contributed by atoms with E-state index in [-0.39, 0.29) is 12.1 Å². The molecule has 122 valence electrons. The summed E-state index contributed by atoms with van der Waals surface area (Å²) in [6, 6.07) is 7.51. The largest absolute Gasteiger partial charge is 0.491 e. The third-order valence-corrected chi connectivity index (χ3v) is 4.10. The monoisotopic (exact) mass is 306 g/mol. The van der Waals surface area contributed by atoms with Gasteiger partial charge in [0.05, 0.1) is 6.61 Å². The third kappa shape index (κ3) is 5.22. The molecule has 5 nitrogen and oxygen atoms in total. The first-order chi connectivity index (χ1) is 10.7. The molecule has 0 bridgehead atoms. The summed E-state index contributed by atoms with van der Waals surface area (Å²) < 4.78 is 10.4. The number of anilines is 1. The molecule has 2 atom stereocenters. The van der Waals surface area contributed by atoms with Crippen LogP contribution in [0.25, 0.3) is 0 Å². The Balaban J connectivity index is 1.78. The molecular weight excluding hydrogens is 280 g/mol. The van der Waals surface area contributed by atoms with Gasteiger partial charge in [0.1, 0.15) is 12.4 Å². The van der Waals surface area contributed by atoms with Crippen LogP contribution < -0.4 is 15.4 Å². The fourth-order valence-electron chi connectivity index (χ4n) is 2.74. The number of rotatable bonds is 6. The quantitative estimate of drug-likeness (QED) is 0.792. The number of amides is 2. The van der Waals surface area contributed by atoms with Gasteiger partial charge in [-0.25, -0.2) is 4.79 Å². The zero-order valence-corrected chi connectivity index (χ0v) is 13.4. The molecular formula is C17H26N2O3. The van der Waals surface area contributed by atoms with Crippen molar-refractivity contribution < 1.29 is 14.3 Å². The smallest absolute Gasteiger partial charge is 0.319 e. The minimum atomic E-state index is -0.133. The Hall–Kier alpha value is -1.75. The summed E-state index contributed by atoms with van der Waals surface area (Å²) in [5, 5.41) is 5.95. The lowest BCUT2D eigenvalue weighted by Crippen LogP contribution is -2.43. The van der Waals surface area contributed by atoms with Crippen molar-refractivity contribution in [3.05, 3.63) is 24.3 Å². The maximum Gasteiger partial charge on any atom is 0.319 e. The van der Waals surface area contributed by atoms with Gasteiger partial charge in [-0.05, 0) is 43.0 Å². The summed E-state index contributed by atoms with van der Waals surface area (Å²) in [5.41, 5.74) is 0.764. The number of benzene rings is 1. The molecule has 1 aliphatic rings. The van der Waals surface area contributed by atoms with Crippen LogP contribution >= 0.6 is 0 Å². The van der Waals surface area contributed by atoms with Crippen LogP contribution in [-0.2, 0) is 4.74 Å². The van der Waals surface area contributed by atoms with E-state index in [0.717, 1.165) is 17.9 Å². The number of ether oxygens (including phenoxy) is 2. The van der Waals surface area contributed by atoms with Crippen LogP contribution in [0, 0.1) is 5.92 Å². The van der Waals surface area contributed by atoms with Crippen LogP contribution in [0.15, 0.2) is 24.3 Å². The first kappa shape index (κ1) is 16.6. The summed E-state index contributed by atoms with van der Waals surface area (Å²) in [6.45, 7) is 3.28. The molecule has 0 spiro atoms. The molecule has 1 aromatic carbocycles. The van der Waals surface area contributed by atoms with Crippen LogP contribution in [0.1, 0.15) is 32.6 Å². The molecule has 0 unspecified atom stereocenters. The predicted molar refractivity (Wildman–Crippen MR) is 87.4 cm³/mol. The van der Waals surface area contributed by atoms with Gasteiger partial charge in [-0.1, -0.05) is 19.8 Å². The van der Waals surface area contributed by atoms with Gasteiger partial charge in [0.2, 0.25) is 0 Å². The second-order valence-electron chi connectivity index (χ2n) is 5.83. The van der Waals surface area contributed by atoms with Crippen molar-refractivity contribution in [2.24, 2.45) is 5.92 Å². The van der Waals surface area contributed by atoms with E-state index in [1.54, 1.807) is 7.11 Å². The summed E-state index contributed by atoms with van der Waals surface area (Å²) in [5.74, 6) is 1.32. The molecule has 2 N–H and O–H groups in total. The third-order valence-electron chi connectivity index (χ3n) is 4.10. The second-order valence-corrected chi connectivity index (χ2v) is 5.83. The standard InChI is InChI=1S/C17H26N2O3/c1-13-5-3-4-6-16(13)19-17(20)18-14-7-9-15(10-8-14)22-12-11-21-2/h7-10,13,16H,3-6,11-12H2,1-2H3,(H2,18,19,20)/t13-,16+/m1/s1. The molecule has 22 heavy (non-hydrogen) atoms. The van der Waals surface area contributed by atoms with E-state index in [1.165, 1.54) is 19.3 Å². The fraction of sp³-hybridized carbons (Fsp3) is 0.588. The Kier molecular flexibility index (Phi) is 6.52. The SMILES string of the molecule is COCCOc1ccc(NC(=O)N[C@H]2CCCC[C@H]2C)cc1. The molecule has 1 saturated carbocycles. The highest BCUT2D eigenvalue weighted by Crippen LogP contribution is 2.24. The number of carbonyl (C=O) groups is 1. The Labute approximate surface area is 132 Å². The molecule has 0 radical (unpaired) electrons. The average Bonchev–Trinajstić information content (AvgIpc) is 2.51. The fourth-order valence-corrected chi connectivity index (χ4v) is 2.74. The Morgan fingerprint density at radius 3 is 2.59 bits per heavy atom. The van der Waals surface area contributed by atoms with Gasteiger partial charge in [0.25, 0.3) is 0 Å². The lowest BCUT2D eigenvalue weighted by Gasteiger charge is -2.29. The van der Waals surface area contributed by atoms with Crippen LogP contribution in [-0.4, -0.2) is 32.4 Å². The summed E-state index contributed by atoms with van der Waals surface area (Å²) >= 11 is 0. The minimum Gasteiger partial charge on any atom is -0.491 e. The van der Waals surface area contributed by atoms with Gasteiger partial charge in [-0.3, -0.25) is 0 Å². The van der Waals surface area contributed by atoms with E-state index in [0.29, 0.717) is 19.1 Å². The highest BCUT2D eigenvalue weighted by Gasteiger charge is 2.22. The highest BCUT2D eigenvalue weighted by molar-refractivity contribution is 5.89. The van der Waals surface area contributed by atoms with Crippen molar-refractivity contribution in [2.75, 3.05) is 25.6 Å². The summed E-state index contributed by atoms with van der Waals surface area (Å²) in [4.78, 5) is 12.1. The van der Waals surface area contributed by atoms with Crippen molar-refractivity contribution >= 4 is 11.7 Å². The Bertz CT molecular complexity index is 461. The lowest BCUT2D eigenvalue weighted by atomic mass is 9.86. The van der Waals surface area contributed by atoms with E-state index in [4.69, 9.17) is 9.47 Å². The molecule has 1 aliphatic carbocycles. The van der Waals surface area contributed by atoms with E-state index < -0.39 is 0 Å². The van der Waals surface area contributed by atoms with Crippen LogP contribution in [0.5, 0.6) is 5.75 Å². The zero-order valence-electron chi connectivity index (χ0n) is 13.4. The Morgan fingerprint density at radius 2 is 1.91 bits per heavy atom. The number of methoxy groups -OCH3 is 1. The topological polar surface area (TPSA) is 59.6 Å². The van der Waals surface area contributed by atoms with E-state index in [1.807, 2.05) is 24.3 Å². The van der Waals surface area contributed by atoms with Gasteiger partial charge < -0.3 is 20.1 Å². The normalized spacial score (nSPS) is 21.2. The van der Waals surface area contributed by atoms with Crippen molar-refractivity contribution in [1.29, 1.82) is 0 Å². The van der Waals surface area contributed by atoms with Gasteiger partial charge >= 0.3 is 6.03 Å². The molecule has 0 aromatic heterocycles. The molecule has 0 saturated heterocycles. The maximum absolute atomic E-state index is 12.1. The minimum absolute atomic E-state index is 0.133. The average molecular weight is 306 g/mol. The number of carbonyl (C=O) groups excluding carboxylic acids is 1. The number of urea groups is 1. The second kappa shape index (κ2) is 8.63. The van der Waals surface area contributed by atoms with Crippen LogP contribution in [0.3, 0.4) is 0 Å².